The van der Waals surface area contributed by atoms with Gasteiger partial charge < -0.3 is 5.32 Å². The van der Waals surface area contributed by atoms with Gasteiger partial charge in [0.1, 0.15) is 6.07 Å². The Labute approximate surface area is 110 Å². The summed E-state index contributed by atoms with van der Waals surface area (Å²) >= 11 is 0. The maximum absolute atomic E-state index is 12.2. The smallest absolute Gasteiger partial charge is 0.276 e. The third-order valence-corrected chi connectivity index (χ3v) is 3.32. The molecule has 94 valence electrons. The van der Waals surface area contributed by atoms with Gasteiger partial charge in [-0.1, -0.05) is 12.1 Å². The first-order chi connectivity index (χ1) is 9.29. The molecule has 0 fully saturated rings. The number of rotatable bonds is 2. The summed E-state index contributed by atoms with van der Waals surface area (Å²) < 4.78 is 0. The van der Waals surface area contributed by atoms with Gasteiger partial charge in [-0.05, 0) is 31.4 Å². The topological polar surface area (TPSA) is 81.6 Å². The standard InChI is InChI=1S/C14H12N4O/c15-8-9-4-1-2-6-11(9)16-14(19)13-10-5-3-7-12(10)17-18-13/h1-2,4,6H,3,5,7H2,(H,16,19)(H,17,18). The molecular formula is C14H12N4O. The van der Waals surface area contributed by atoms with E-state index >= 15 is 0 Å². The van der Waals surface area contributed by atoms with Crippen molar-refractivity contribution in [2.24, 2.45) is 0 Å². The molecule has 0 radical (unpaired) electrons. The number of carbonyl (C=O) groups excluding carboxylic acids is 1. The maximum Gasteiger partial charge on any atom is 0.276 e. The molecule has 1 amide bonds. The third-order valence-electron chi connectivity index (χ3n) is 3.32. The number of nitrogens with zero attached hydrogens (tertiary/aromatic N) is 2. The van der Waals surface area contributed by atoms with Crippen LogP contribution >= 0.6 is 0 Å². The van der Waals surface area contributed by atoms with Crippen LogP contribution in [0.25, 0.3) is 0 Å². The van der Waals surface area contributed by atoms with E-state index < -0.39 is 0 Å². The first kappa shape index (κ1) is 11.5. The van der Waals surface area contributed by atoms with Gasteiger partial charge in [0.15, 0.2) is 5.69 Å². The lowest BCUT2D eigenvalue weighted by molar-refractivity contribution is 0.102. The monoisotopic (exact) mass is 252 g/mol. The molecule has 0 bridgehead atoms. The van der Waals surface area contributed by atoms with Gasteiger partial charge in [-0.2, -0.15) is 10.4 Å². The molecule has 5 nitrogen and oxygen atoms in total. The molecule has 0 aliphatic heterocycles. The average Bonchev–Trinajstić information content (AvgIpc) is 3.01. The van der Waals surface area contributed by atoms with Gasteiger partial charge >= 0.3 is 0 Å². The second-order valence-corrected chi connectivity index (χ2v) is 4.49. The van der Waals surface area contributed by atoms with Gasteiger partial charge in [-0.15, -0.1) is 0 Å². The molecule has 0 unspecified atom stereocenters. The van der Waals surface area contributed by atoms with Gasteiger partial charge in [-0.25, -0.2) is 0 Å². The molecule has 2 N–H and O–H groups in total. The lowest BCUT2D eigenvalue weighted by atomic mass is 10.1. The zero-order chi connectivity index (χ0) is 13.2. The Kier molecular flexibility index (Phi) is 2.76. The number of fused-ring (bicyclic) bond motifs is 1. The summed E-state index contributed by atoms with van der Waals surface area (Å²) in [5.74, 6) is -0.262. The van der Waals surface area contributed by atoms with E-state index in [2.05, 4.69) is 21.6 Å². The van der Waals surface area contributed by atoms with Crippen LogP contribution in [0.1, 0.15) is 33.7 Å². The van der Waals surface area contributed by atoms with E-state index in [1.54, 1.807) is 24.3 Å². The number of hydrogen-bond donors (Lipinski definition) is 2. The van der Waals surface area contributed by atoms with Crippen LogP contribution in [0, 0.1) is 11.3 Å². The zero-order valence-corrected chi connectivity index (χ0v) is 10.2. The van der Waals surface area contributed by atoms with E-state index in [1.807, 2.05) is 0 Å². The molecule has 0 spiro atoms. The number of benzene rings is 1. The van der Waals surface area contributed by atoms with Crippen molar-refractivity contribution < 1.29 is 4.79 Å². The number of amides is 1. The molecule has 1 aliphatic rings. The number of nitriles is 1. The van der Waals surface area contributed by atoms with Crippen LogP contribution in [0.15, 0.2) is 24.3 Å². The van der Waals surface area contributed by atoms with Crippen molar-refractivity contribution >= 4 is 11.6 Å². The van der Waals surface area contributed by atoms with Gasteiger partial charge in [-0.3, -0.25) is 9.89 Å². The molecule has 0 saturated heterocycles. The second kappa shape index (κ2) is 4.58. The third kappa shape index (κ3) is 1.97. The van der Waals surface area contributed by atoms with Gasteiger partial charge in [0, 0.05) is 11.3 Å². The minimum absolute atomic E-state index is 0.262. The fraction of sp³-hybridized carbons (Fsp3) is 0.214. The molecule has 19 heavy (non-hydrogen) atoms. The Morgan fingerprint density at radius 3 is 3.05 bits per heavy atom. The van der Waals surface area contributed by atoms with Crippen LogP contribution in [0.3, 0.4) is 0 Å². The predicted molar refractivity (Wildman–Crippen MR) is 69.7 cm³/mol. The summed E-state index contributed by atoms with van der Waals surface area (Å²) in [5.41, 5.74) is 3.47. The summed E-state index contributed by atoms with van der Waals surface area (Å²) in [6.07, 6.45) is 2.89. The molecule has 3 rings (SSSR count). The highest BCUT2D eigenvalue weighted by Crippen LogP contribution is 2.24. The van der Waals surface area contributed by atoms with Gasteiger partial charge in [0.25, 0.3) is 5.91 Å². The largest absolute Gasteiger partial charge is 0.319 e. The number of aryl methyl sites for hydroxylation is 1. The first-order valence-corrected chi connectivity index (χ1v) is 6.16. The highest BCUT2D eigenvalue weighted by atomic mass is 16.1. The molecule has 1 heterocycles. The van der Waals surface area contributed by atoms with Crippen molar-refractivity contribution in [1.82, 2.24) is 10.2 Å². The Bertz CT molecular complexity index is 681. The van der Waals surface area contributed by atoms with Crippen molar-refractivity contribution in [3.8, 4) is 6.07 Å². The molecule has 1 aliphatic carbocycles. The lowest BCUT2D eigenvalue weighted by Crippen LogP contribution is -2.15. The predicted octanol–water partition coefficient (Wildman–Crippen LogP) is 2.02. The van der Waals surface area contributed by atoms with Crippen LogP contribution in [-0.2, 0) is 12.8 Å². The summed E-state index contributed by atoms with van der Waals surface area (Å²) in [7, 11) is 0. The number of hydrogen-bond acceptors (Lipinski definition) is 3. The van der Waals surface area contributed by atoms with Crippen molar-refractivity contribution in [3.05, 3.63) is 46.8 Å². The van der Waals surface area contributed by atoms with Crippen molar-refractivity contribution in [2.75, 3.05) is 5.32 Å². The number of aromatic nitrogens is 2. The lowest BCUT2D eigenvalue weighted by Gasteiger charge is -2.05. The Morgan fingerprint density at radius 1 is 1.37 bits per heavy atom. The van der Waals surface area contributed by atoms with Crippen molar-refractivity contribution in [3.63, 3.8) is 0 Å². The quantitative estimate of drug-likeness (QED) is 0.857. The molecular weight excluding hydrogens is 240 g/mol. The number of aromatic amines is 1. The fourth-order valence-corrected chi connectivity index (χ4v) is 2.38. The first-order valence-electron chi connectivity index (χ1n) is 6.16. The Hall–Kier alpha value is -2.61. The number of para-hydroxylation sites is 1. The van der Waals surface area contributed by atoms with Crippen LogP contribution in [0.5, 0.6) is 0 Å². The zero-order valence-electron chi connectivity index (χ0n) is 10.2. The molecule has 2 aromatic rings. The van der Waals surface area contributed by atoms with E-state index in [4.69, 9.17) is 5.26 Å². The number of nitrogens with one attached hydrogen (secondary N) is 2. The molecule has 0 atom stereocenters. The highest BCUT2D eigenvalue weighted by Gasteiger charge is 2.23. The van der Waals surface area contributed by atoms with Crippen LogP contribution in [0.4, 0.5) is 5.69 Å². The van der Waals surface area contributed by atoms with Crippen LogP contribution in [-0.4, -0.2) is 16.1 Å². The summed E-state index contributed by atoms with van der Waals surface area (Å²) in [5, 5.41) is 18.7. The number of carbonyl (C=O) groups is 1. The van der Waals surface area contributed by atoms with E-state index in [9.17, 15) is 4.79 Å². The van der Waals surface area contributed by atoms with E-state index in [0.717, 1.165) is 30.5 Å². The minimum Gasteiger partial charge on any atom is -0.319 e. The van der Waals surface area contributed by atoms with Gasteiger partial charge in [0.2, 0.25) is 0 Å². The highest BCUT2D eigenvalue weighted by molar-refractivity contribution is 6.04. The van der Waals surface area contributed by atoms with Gasteiger partial charge in [0.05, 0.1) is 11.3 Å². The molecule has 1 aromatic heterocycles. The van der Waals surface area contributed by atoms with E-state index in [0.29, 0.717) is 16.9 Å². The number of anilines is 1. The molecule has 5 heteroatoms. The van der Waals surface area contributed by atoms with Crippen LogP contribution < -0.4 is 5.32 Å². The Balaban J connectivity index is 1.87. The minimum atomic E-state index is -0.262. The molecule has 1 aromatic carbocycles. The maximum atomic E-state index is 12.2. The van der Waals surface area contributed by atoms with E-state index in [-0.39, 0.29) is 5.91 Å². The van der Waals surface area contributed by atoms with Crippen LogP contribution in [0.2, 0.25) is 0 Å². The normalized spacial score (nSPS) is 12.8. The SMILES string of the molecule is N#Cc1ccccc1NC(=O)c1n[nH]c2c1CCC2. The summed E-state index contributed by atoms with van der Waals surface area (Å²) in [4.78, 5) is 12.2. The van der Waals surface area contributed by atoms with Crippen molar-refractivity contribution in [2.45, 2.75) is 19.3 Å². The van der Waals surface area contributed by atoms with Crippen molar-refractivity contribution in [1.29, 1.82) is 5.26 Å². The fourth-order valence-electron chi connectivity index (χ4n) is 2.38. The summed E-state index contributed by atoms with van der Waals surface area (Å²) in [6.45, 7) is 0. The van der Waals surface area contributed by atoms with E-state index in [1.165, 1.54) is 0 Å². The molecule has 0 saturated carbocycles. The number of H-pyrrole nitrogens is 1. The average molecular weight is 252 g/mol. The second-order valence-electron chi connectivity index (χ2n) is 4.49. The Morgan fingerprint density at radius 2 is 2.21 bits per heavy atom. The summed E-state index contributed by atoms with van der Waals surface area (Å²) in [6, 6.07) is 8.99.